The van der Waals surface area contributed by atoms with Gasteiger partial charge in [-0.2, -0.15) is 0 Å². The molecule has 1 saturated heterocycles. The van der Waals surface area contributed by atoms with Gasteiger partial charge in [0.2, 0.25) is 0 Å². The third-order valence-electron chi connectivity index (χ3n) is 3.86. The fourth-order valence-electron chi connectivity index (χ4n) is 2.56. The molecule has 0 amide bonds. The molecule has 0 saturated carbocycles. The van der Waals surface area contributed by atoms with E-state index in [4.69, 9.17) is 10.7 Å². The first-order valence-corrected chi connectivity index (χ1v) is 8.38. The number of hydrogen-bond donors (Lipinski definition) is 1. The highest BCUT2D eigenvalue weighted by Crippen LogP contribution is 2.36. The number of nitrogens with zero attached hydrogens (tertiary/aromatic N) is 3. The molecule has 1 aliphatic rings. The van der Waals surface area contributed by atoms with Gasteiger partial charge in [-0.05, 0) is 13.5 Å². The first kappa shape index (κ1) is 15.7. The standard InChI is InChI=1S/C15H28N4S/c1-6-18-7-9-19(10-8-18)14-17-13(15(3,4)5)12(20-14)11(2)16/h11H,6-10,16H2,1-5H3. The predicted molar refractivity (Wildman–Crippen MR) is 87.7 cm³/mol. The Morgan fingerprint density at radius 1 is 1.25 bits per heavy atom. The molecule has 1 fully saturated rings. The number of hydrogen-bond acceptors (Lipinski definition) is 5. The summed E-state index contributed by atoms with van der Waals surface area (Å²) in [6, 6.07) is 0.0624. The first-order valence-electron chi connectivity index (χ1n) is 7.57. The van der Waals surface area contributed by atoms with Gasteiger partial charge in [0.25, 0.3) is 0 Å². The quantitative estimate of drug-likeness (QED) is 0.931. The molecule has 1 atom stereocenters. The van der Waals surface area contributed by atoms with Crippen molar-refractivity contribution in [2.24, 2.45) is 5.73 Å². The summed E-state index contributed by atoms with van der Waals surface area (Å²) in [6.07, 6.45) is 0. The molecule has 1 unspecified atom stereocenters. The van der Waals surface area contributed by atoms with Crippen LogP contribution in [0.15, 0.2) is 0 Å². The van der Waals surface area contributed by atoms with Crippen LogP contribution in [0.3, 0.4) is 0 Å². The number of likely N-dealkylation sites (N-methyl/N-ethyl adjacent to an activating group) is 1. The molecule has 114 valence electrons. The van der Waals surface area contributed by atoms with Gasteiger partial charge in [0.1, 0.15) is 0 Å². The maximum absolute atomic E-state index is 6.14. The van der Waals surface area contributed by atoms with Crippen LogP contribution in [-0.4, -0.2) is 42.6 Å². The lowest BCUT2D eigenvalue weighted by Gasteiger charge is -2.33. The molecule has 2 heterocycles. The van der Waals surface area contributed by atoms with Crippen molar-refractivity contribution in [3.05, 3.63) is 10.6 Å². The van der Waals surface area contributed by atoms with Crippen molar-refractivity contribution in [3.8, 4) is 0 Å². The van der Waals surface area contributed by atoms with E-state index in [0.29, 0.717) is 0 Å². The number of rotatable bonds is 3. The molecule has 1 aliphatic heterocycles. The third-order valence-corrected chi connectivity index (χ3v) is 5.17. The third kappa shape index (κ3) is 3.32. The maximum atomic E-state index is 6.14. The molecular formula is C15H28N4S. The van der Waals surface area contributed by atoms with Crippen LogP contribution in [0.2, 0.25) is 0 Å². The van der Waals surface area contributed by atoms with Gasteiger partial charge >= 0.3 is 0 Å². The average Bonchev–Trinajstić information content (AvgIpc) is 2.84. The lowest BCUT2D eigenvalue weighted by molar-refractivity contribution is 0.271. The molecule has 1 aromatic rings. The average molecular weight is 296 g/mol. The minimum atomic E-state index is 0.0585. The minimum Gasteiger partial charge on any atom is -0.346 e. The van der Waals surface area contributed by atoms with Gasteiger partial charge in [-0.3, -0.25) is 0 Å². The molecule has 0 spiro atoms. The van der Waals surface area contributed by atoms with Gasteiger partial charge in [-0.15, -0.1) is 0 Å². The topological polar surface area (TPSA) is 45.4 Å². The SMILES string of the molecule is CCN1CCN(c2nc(C(C)(C)C)c(C(C)N)s2)CC1. The van der Waals surface area contributed by atoms with E-state index in [1.54, 1.807) is 11.3 Å². The van der Waals surface area contributed by atoms with Crippen molar-refractivity contribution >= 4 is 16.5 Å². The van der Waals surface area contributed by atoms with Crippen molar-refractivity contribution in [2.75, 3.05) is 37.6 Å². The molecule has 2 N–H and O–H groups in total. The second-order valence-electron chi connectivity index (χ2n) is 6.67. The Labute approximate surface area is 127 Å². The highest BCUT2D eigenvalue weighted by Gasteiger charge is 2.27. The largest absolute Gasteiger partial charge is 0.346 e. The van der Waals surface area contributed by atoms with E-state index >= 15 is 0 Å². The van der Waals surface area contributed by atoms with Gasteiger partial charge in [-0.25, -0.2) is 4.98 Å². The summed E-state index contributed by atoms with van der Waals surface area (Å²) in [5.74, 6) is 0. The lowest BCUT2D eigenvalue weighted by atomic mass is 9.90. The summed E-state index contributed by atoms with van der Waals surface area (Å²) >= 11 is 1.78. The lowest BCUT2D eigenvalue weighted by Crippen LogP contribution is -2.46. The van der Waals surface area contributed by atoms with E-state index < -0.39 is 0 Å². The Hall–Kier alpha value is -0.650. The van der Waals surface area contributed by atoms with Gasteiger partial charge in [0, 0.05) is 42.5 Å². The molecular weight excluding hydrogens is 268 g/mol. The Bertz CT molecular complexity index is 439. The summed E-state index contributed by atoms with van der Waals surface area (Å²) in [7, 11) is 0. The Morgan fingerprint density at radius 2 is 1.85 bits per heavy atom. The zero-order chi connectivity index (χ0) is 14.9. The fourth-order valence-corrected chi connectivity index (χ4v) is 3.84. The molecule has 0 aliphatic carbocycles. The normalized spacial score (nSPS) is 19.4. The molecule has 5 heteroatoms. The highest BCUT2D eigenvalue weighted by atomic mass is 32.1. The van der Waals surface area contributed by atoms with Gasteiger partial charge in [0.05, 0.1) is 5.69 Å². The van der Waals surface area contributed by atoms with Crippen LogP contribution in [0.25, 0.3) is 0 Å². The van der Waals surface area contributed by atoms with Crippen molar-refractivity contribution in [2.45, 2.75) is 46.1 Å². The summed E-state index contributed by atoms with van der Waals surface area (Å²) in [4.78, 5) is 11.1. The van der Waals surface area contributed by atoms with Crippen molar-refractivity contribution in [3.63, 3.8) is 0 Å². The number of piperazine rings is 1. The van der Waals surface area contributed by atoms with E-state index in [0.717, 1.165) is 37.9 Å². The number of thiazole rings is 1. The van der Waals surface area contributed by atoms with Crippen molar-refractivity contribution in [1.82, 2.24) is 9.88 Å². The van der Waals surface area contributed by atoms with Crippen LogP contribution in [0, 0.1) is 0 Å². The summed E-state index contributed by atoms with van der Waals surface area (Å²) in [6.45, 7) is 16.5. The zero-order valence-electron chi connectivity index (χ0n) is 13.4. The highest BCUT2D eigenvalue weighted by molar-refractivity contribution is 7.15. The molecule has 1 aromatic heterocycles. The van der Waals surface area contributed by atoms with E-state index in [-0.39, 0.29) is 11.5 Å². The minimum absolute atomic E-state index is 0.0585. The zero-order valence-corrected chi connectivity index (χ0v) is 14.3. The molecule has 0 bridgehead atoms. The van der Waals surface area contributed by atoms with E-state index in [1.165, 1.54) is 10.6 Å². The predicted octanol–water partition coefficient (Wildman–Crippen LogP) is 2.60. The molecule has 0 aromatic carbocycles. The molecule has 4 nitrogen and oxygen atoms in total. The second kappa shape index (κ2) is 6.00. The molecule has 0 radical (unpaired) electrons. The van der Waals surface area contributed by atoms with Gasteiger partial charge < -0.3 is 15.5 Å². The Kier molecular flexibility index (Phi) is 4.72. The van der Waals surface area contributed by atoms with Crippen molar-refractivity contribution in [1.29, 1.82) is 0 Å². The van der Waals surface area contributed by atoms with E-state index in [9.17, 15) is 0 Å². The van der Waals surface area contributed by atoms with Crippen LogP contribution in [0.5, 0.6) is 0 Å². The van der Waals surface area contributed by atoms with Crippen LogP contribution in [0.4, 0.5) is 5.13 Å². The van der Waals surface area contributed by atoms with Gasteiger partial charge in [0.15, 0.2) is 5.13 Å². The van der Waals surface area contributed by atoms with Crippen molar-refractivity contribution < 1.29 is 0 Å². The van der Waals surface area contributed by atoms with Crippen LogP contribution >= 0.6 is 11.3 Å². The Balaban J connectivity index is 2.21. The molecule has 20 heavy (non-hydrogen) atoms. The summed E-state index contributed by atoms with van der Waals surface area (Å²) in [5.41, 5.74) is 7.37. The molecule has 2 rings (SSSR count). The summed E-state index contributed by atoms with van der Waals surface area (Å²) < 4.78 is 0. The van der Waals surface area contributed by atoms with Crippen LogP contribution in [0.1, 0.15) is 51.2 Å². The van der Waals surface area contributed by atoms with Crippen LogP contribution < -0.4 is 10.6 Å². The number of anilines is 1. The second-order valence-corrected chi connectivity index (χ2v) is 7.68. The fraction of sp³-hybridized carbons (Fsp3) is 0.800. The van der Waals surface area contributed by atoms with Gasteiger partial charge in [-0.1, -0.05) is 39.0 Å². The maximum Gasteiger partial charge on any atom is 0.185 e. The number of nitrogens with two attached hydrogens (primary N) is 1. The van der Waals surface area contributed by atoms with E-state index in [1.807, 2.05) is 0 Å². The monoisotopic (exact) mass is 296 g/mol. The number of aromatic nitrogens is 1. The smallest absolute Gasteiger partial charge is 0.185 e. The van der Waals surface area contributed by atoms with E-state index in [2.05, 4.69) is 44.4 Å². The summed E-state index contributed by atoms with van der Waals surface area (Å²) in [5, 5.41) is 1.15. The first-order chi connectivity index (χ1) is 9.32. The van der Waals surface area contributed by atoms with Crippen LogP contribution in [-0.2, 0) is 5.41 Å². The Morgan fingerprint density at radius 3 is 2.25 bits per heavy atom.